The highest BCUT2D eigenvalue weighted by molar-refractivity contribution is 7.80. The zero-order valence-corrected chi connectivity index (χ0v) is 19.4. The molecule has 8 heteroatoms. The molecular formula is C26H20F4N2S2. The van der Waals surface area contributed by atoms with E-state index in [0.29, 0.717) is 21.2 Å². The number of para-hydroxylation sites is 2. The van der Waals surface area contributed by atoms with Gasteiger partial charge in [0.25, 0.3) is 0 Å². The molecule has 0 spiro atoms. The van der Waals surface area contributed by atoms with E-state index >= 15 is 8.78 Å². The lowest BCUT2D eigenvalue weighted by molar-refractivity contribution is 0.521. The number of thiol groups is 2. The predicted octanol–water partition coefficient (Wildman–Crippen LogP) is 7.83. The number of benzene rings is 4. The number of hydrogen-bond donors (Lipinski definition) is 4. The van der Waals surface area contributed by atoms with E-state index in [1.807, 2.05) is 0 Å². The first-order valence-corrected chi connectivity index (χ1v) is 11.2. The quantitative estimate of drug-likeness (QED) is 0.154. The van der Waals surface area contributed by atoms with Crippen molar-refractivity contribution >= 4 is 36.6 Å². The van der Waals surface area contributed by atoms with E-state index in [1.54, 1.807) is 48.5 Å². The van der Waals surface area contributed by atoms with Crippen LogP contribution in [0.5, 0.6) is 0 Å². The maximum Gasteiger partial charge on any atom is 0.131 e. The van der Waals surface area contributed by atoms with Gasteiger partial charge in [-0.15, -0.1) is 25.3 Å². The number of hydrogen-bond acceptors (Lipinski definition) is 4. The fourth-order valence-electron chi connectivity index (χ4n) is 3.72. The summed E-state index contributed by atoms with van der Waals surface area (Å²) in [6.45, 7) is 0. The van der Waals surface area contributed by atoms with Gasteiger partial charge in [0, 0.05) is 44.4 Å². The monoisotopic (exact) mass is 500 g/mol. The summed E-state index contributed by atoms with van der Waals surface area (Å²) in [5.41, 5.74) is 1.26. The topological polar surface area (TPSA) is 24.1 Å². The summed E-state index contributed by atoms with van der Waals surface area (Å²) in [7, 11) is 0. The number of anilines is 2. The van der Waals surface area contributed by atoms with Crippen molar-refractivity contribution in [2.45, 2.75) is 21.9 Å². The zero-order valence-electron chi connectivity index (χ0n) is 17.6. The highest BCUT2D eigenvalue weighted by Crippen LogP contribution is 2.39. The molecule has 0 aromatic heterocycles. The second-order valence-electron chi connectivity index (χ2n) is 7.61. The fourth-order valence-corrected chi connectivity index (χ4v) is 4.17. The molecule has 0 aliphatic rings. The number of rotatable bonds is 7. The average molecular weight is 501 g/mol. The molecule has 4 rings (SSSR count). The Morgan fingerprint density at radius 2 is 0.912 bits per heavy atom. The molecule has 0 saturated carbocycles. The lowest BCUT2D eigenvalue weighted by Gasteiger charge is -2.32. The van der Waals surface area contributed by atoms with Gasteiger partial charge < -0.3 is 10.6 Å². The molecule has 0 fully saturated rings. The normalized spacial score (nSPS) is 12.8. The molecule has 4 aromatic rings. The smallest absolute Gasteiger partial charge is 0.131 e. The van der Waals surface area contributed by atoms with E-state index in [4.69, 9.17) is 0 Å². The Labute approximate surface area is 205 Å². The van der Waals surface area contributed by atoms with Crippen LogP contribution in [0.1, 0.15) is 23.2 Å². The third-order valence-electron chi connectivity index (χ3n) is 5.36. The zero-order chi connectivity index (χ0) is 24.2. The van der Waals surface area contributed by atoms with Crippen LogP contribution in [0.3, 0.4) is 0 Å². The molecule has 0 aliphatic carbocycles. The first-order chi connectivity index (χ1) is 16.3. The first-order valence-electron chi connectivity index (χ1n) is 10.3. The average Bonchev–Trinajstić information content (AvgIpc) is 2.79. The second-order valence-corrected chi connectivity index (χ2v) is 8.57. The van der Waals surface area contributed by atoms with Crippen LogP contribution in [0.4, 0.5) is 28.9 Å². The predicted molar refractivity (Wildman–Crippen MR) is 133 cm³/mol. The Balaban J connectivity index is 1.90. The molecule has 174 valence electrons. The van der Waals surface area contributed by atoms with Gasteiger partial charge in [0.05, 0.1) is 12.1 Å². The molecule has 34 heavy (non-hydrogen) atoms. The van der Waals surface area contributed by atoms with Crippen molar-refractivity contribution in [3.63, 3.8) is 0 Å². The van der Waals surface area contributed by atoms with E-state index in [9.17, 15) is 8.78 Å². The summed E-state index contributed by atoms with van der Waals surface area (Å²) < 4.78 is 57.6. The van der Waals surface area contributed by atoms with Crippen molar-refractivity contribution < 1.29 is 17.6 Å². The molecule has 0 bridgehead atoms. The summed E-state index contributed by atoms with van der Waals surface area (Å²) >= 11 is 8.92. The van der Waals surface area contributed by atoms with E-state index in [2.05, 4.69) is 35.9 Å². The van der Waals surface area contributed by atoms with Crippen LogP contribution in [0, 0.1) is 23.3 Å². The van der Waals surface area contributed by atoms with Crippen LogP contribution >= 0.6 is 25.3 Å². The van der Waals surface area contributed by atoms with E-state index in [1.165, 1.54) is 12.1 Å². The standard InChI is InChI=1S/C26H20F4N2S2/c27-15-9-11-17(19(29)13-15)25(31-21-5-1-3-7-23(21)33)26(18-12-10-16(28)14-20(18)30)32-22-6-2-4-8-24(22)34/h1-14,25-26,31-34H. The summed E-state index contributed by atoms with van der Waals surface area (Å²) in [6.07, 6.45) is 0. The SMILES string of the molecule is Fc1ccc(C(Nc2ccccc2S)C(Nc2ccccc2S)c2ccc(F)cc2F)c(F)c1. The van der Waals surface area contributed by atoms with Gasteiger partial charge in [-0.1, -0.05) is 36.4 Å². The van der Waals surface area contributed by atoms with Gasteiger partial charge in [0.1, 0.15) is 23.3 Å². The van der Waals surface area contributed by atoms with Gasteiger partial charge in [0.15, 0.2) is 0 Å². The maximum absolute atomic E-state index is 15.1. The van der Waals surface area contributed by atoms with Crippen molar-refractivity contribution in [3.05, 3.63) is 119 Å². The van der Waals surface area contributed by atoms with Gasteiger partial charge in [0.2, 0.25) is 0 Å². The van der Waals surface area contributed by atoms with Gasteiger partial charge >= 0.3 is 0 Å². The summed E-state index contributed by atoms with van der Waals surface area (Å²) in [5, 5.41) is 6.43. The van der Waals surface area contributed by atoms with Crippen LogP contribution in [0.15, 0.2) is 94.7 Å². The molecule has 0 radical (unpaired) electrons. The van der Waals surface area contributed by atoms with Crippen molar-refractivity contribution in [2.24, 2.45) is 0 Å². The molecular weight excluding hydrogens is 480 g/mol. The Kier molecular flexibility index (Phi) is 7.38. The Bertz CT molecular complexity index is 1210. The number of halogens is 4. The van der Waals surface area contributed by atoms with Crippen molar-refractivity contribution in [1.82, 2.24) is 0 Å². The summed E-state index contributed by atoms with van der Waals surface area (Å²) in [6, 6.07) is 18.5. The molecule has 0 heterocycles. The van der Waals surface area contributed by atoms with Crippen molar-refractivity contribution in [3.8, 4) is 0 Å². The third kappa shape index (κ3) is 5.34. The van der Waals surface area contributed by atoms with Crippen LogP contribution in [0.2, 0.25) is 0 Å². The maximum atomic E-state index is 15.1. The molecule has 2 nitrogen and oxygen atoms in total. The minimum absolute atomic E-state index is 0.0795. The molecule has 2 unspecified atom stereocenters. The van der Waals surface area contributed by atoms with Crippen LogP contribution in [0.25, 0.3) is 0 Å². The van der Waals surface area contributed by atoms with Gasteiger partial charge in [-0.05, 0) is 36.4 Å². The summed E-state index contributed by atoms with van der Waals surface area (Å²) in [4.78, 5) is 1.14. The van der Waals surface area contributed by atoms with E-state index in [0.717, 1.165) is 24.3 Å². The number of nitrogens with one attached hydrogen (secondary N) is 2. The molecule has 0 aliphatic heterocycles. The van der Waals surface area contributed by atoms with Crippen LogP contribution < -0.4 is 10.6 Å². The lowest BCUT2D eigenvalue weighted by Crippen LogP contribution is -2.27. The lowest BCUT2D eigenvalue weighted by atomic mass is 9.91. The van der Waals surface area contributed by atoms with E-state index < -0.39 is 35.4 Å². The van der Waals surface area contributed by atoms with Gasteiger partial charge in [-0.2, -0.15) is 0 Å². The van der Waals surface area contributed by atoms with Gasteiger partial charge in [-0.25, -0.2) is 17.6 Å². The highest BCUT2D eigenvalue weighted by Gasteiger charge is 2.30. The van der Waals surface area contributed by atoms with Gasteiger partial charge in [-0.3, -0.25) is 0 Å². The van der Waals surface area contributed by atoms with Crippen molar-refractivity contribution in [1.29, 1.82) is 0 Å². The Morgan fingerprint density at radius 1 is 0.529 bits per heavy atom. The van der Waals surface area contributed by atoms with Crippen molar-refractivity contribution in [2.75, 3.05) is 10.6 Å². The minimum atomic E-state index is -0.957. The Hall–Kier alpha value is -3.10. The summed E-state index contributed by atoms with van der Waals surface area (Å²) in [5.74, 6) is -3.12. The third-order valence-corrected chi connectivity index (χ3v) is 6.14. The molecule has 0 amide bonds. The Morgan fingerprint density at radius 3 is 1.26 bits per heavy atom. The molecule has 4 aromatic carbocycles. The molecule has 2 atom stereocenters. The largest absolute Gasteiger partial charge is 0.375 e. The van der Waals surface area contributed by atoms with E-state index in [-0.39, 0.29) is 11.1 Å². The fraction of sp³-hybridized carbons (Fsp3) is 0.0769. The highest BCUT2D eigenvalue weighted by atomic mass is 32.1. The molecule has 0 saturated heterocycles. The second kappa shape index (κ2) is 10.4. The minimum Gasteiger partial charge on any atom is -0.375 e. The molecule has 2 N–H and O–H groups in total. The first kappa shape index (κ1) is 24.0. The van der Waals surface area contributed by atoms with Crippen LogP contribution in [-0.2, 0) is 0 Å². The van der Waals surface area contributed by atoms with Crippen LogP contribution in [-0.4, -0.2) is 0 Å².